The van der Waals surface area contributed by atoms with Gasteiger partial charge in [0.2, 0.25) is 0 Å². The Balaban J connectivity index is 1.93. The van der Waals surface area contributed by atoms with E-state index in [1.165, 1.54) is 6.07 Å². The molecule has 0 atom stereocenters. The van der Waals surface area contributed by atoms with Gasteiger partial charge in [0.05, 0.1) is 5.56 Å². The number of carbonyl (C=O) groups is 1. The number of halogens is 2. The van der Waals surface area contributed by atoms with Crippen LogP contribution in [0.3, 0.4) is 0 Å². The summed E-state index contributed by atoms with van der Waals surface area (Å²) < 4.78 is 0. The standard InChI is InChI=1S/C12H10Cl2N4O/c13-10-6-9(11(14)18-17-10)12(19)16-5-3-8-2-1-4-15-7-8/h1-2,4,6-7H,3,5H2,(H,16,19). The smallest absolute Gasteiger partial charge is 0.254 e. The van der Waals surface area contributed by atoms with Crippen molar-refractivity contribution in [1.82, 2.24) is 20.5 Å². The van der Waals surface area contributed by atoms with Gasteiger partial charge in [0.15, 0.2) is 10.3 Å². The molecule has 0 saturated heterocycles. The fourth-order valence-electron chi connectivity index (χ4n) is 1.47. The van der Waals surface area contributed by atoms with Crippen LogP contribution in [0.1, 0.15) is 15.9 Å². The Morgan fingerprint density at radius 2 is 2.16 bits per heavy atom. The van der Waals surface area contributed by atoms with Crippen LogP contribution in [0.15, 0.2) is 30.6 Å². The monoisotopic (exact) mass is 296 g/mol. The largest absolute Gasteiger partial charge is 0.352 e. The highest BCUT2D eigenvalue weighted by Gasteiger charge is 2.12. The highest BCUT2D eigenvalue weighted by molar-refractivity contribution is 6.34. The third-order valence-corrected chi connectivity index (χ3v) is 2.85. The number of amides is 1. The maximum Gasteiger partial charge on any atom is 0.254 e. The summed E-state index contributed by atoms with van der Waals surface area (Å²) >= 11 is 11.5. The van der Waals surface area contributed by atoms with Crippen molar-refractivity contribution < 1.29 is 4.79 Å². The minimum absolute atomic E-state index is 0.0308. The van der Waals surface area contributed by atoms with Gasteiger partial charge in [-0.05, 0) is 24.1 Å². The van der Waals surface area contributed by atoms with Crippen LogP contribution in [-0.2, 0) is 6.42 Å². The number of hydrogen-bond donors (Lipinski definition) is 1. The maximum absolute atomic E-state index is 11.9. The van der Waals surface area contributed by atoms with Gasteiger partial charge in [0, 0.05) is 18.9 Å². The molecule has 0 unspecified atom stereocenters. The number of carbonyl (C=O) groups excluding carboxylic acids is 1. The van der Waals surface area contributed by atoms with Crippen LogP contribution < -0.4 is 5.32 Å². The fraction of sp³-hybridized carbons (Fsp3) is 0.167. The molecule has 7 heteroatoms. The molecule has 0 aliphatic heterocycles. The maximum atomic E-state index is 11.9. The van der Waals surface area contributed by atoms with Crippen LogP contribution >= 0.6 is 23.2 Å². The first-order chi connectivity index (χ1) is 9.16. The lowest BCUT2D eigenvalue weighted by atomic mass is 10.2. The third-order valence-electron chi connectivity index (χ3n) is 2.39. The fourth-order valence-corrected chi connectivity index (χ4v) is 1.80. The summed E-state index contributed by atoms with van der Waals surface area (Å²) in [5.74, 6) is -0.328. The number of aromatic nitrogens is 3. The van der Waals surface area contributed by atoms with Crippen molar-refractivity contribution >= 4 is 29.1 Å². The number of nitrogens with zero attached hydrogens (tertiary/aromatic N) is 3. The highest BCUT2D eigenvalue weighted by Crippen LogP contribution is 2.14. The van der Waals surface area contributed by atoms with Gasteiger partial charge in [-0.1, -0.05) is 29.3 Å². The van der Waals surface area contributed by atoms with E-state index in [1.807, 2.05) is 12.1 Å². The van der Waals surface area contributed by atoms with Crippen molar-refractivity contribution in [2.45, 2.75) is 6.42 Å². The van der Waals surface area contributed by atoms with Crippen LogP contribution in [0.2, 0.25) is 10.3 Å². The van der Waals surface area contributed by atoms with Crippen LogP contribution in [-0.4, -0.2) is 27.6 Å². The topological polar surface area (TPSA) is 67.8 Å². The van der Waals surface area contributed by atoms with E-state index in [9.17, 15) is 4.79 Å². The molecule has 2 aromatic rings. The van der Waals surface area contributed by atoms with Gasteiger partial charge >= 0.3 is 0 Å². The molecule has 2 aromatic heterocycles. The highest BCUT2D eigenvalue weighted by atomic mass is 35.5. The summed E-state index contributed by atoms with van der Waals surface area (Å²) in [6.07, 6.45) is 4.14. The van der Waals surface area contributed by atoms with Crippen LogP contribution in [0, 0.1) is 0 Å². The van der Waals surface area contributed by atoms with Crippen molar-refractivity contribution in [3.05, 3.63) is 52.0 Å². The Morgan fingerprint density at radius 3 is 2.89 bits per heavy atom. The minimum atomic E-state index is -0.328. The molecule has 0 spiro atoms. The molecule has 5 nitrogen and oxygen atoms in total. The summed E-state index contributed by atoms with van der Waals surface area (Å²) in [5, 5.41) is 10.0. The lowest BCUT2D eigenvalue weighted by Gasteiger charge is -2.06. The Morgan fingerprint density at radius 1 is 1.32 bits per heavy atom. The second-order valence-electron chi connectivity index (χ2n) is 3.74. The Hall–Kier alpha value is -1.72. The summed E-state index contributed by atoms with van der Waals surface area (Å²) in [5.41, 5.74) is 1.26. The van der Waals surface area contributed by atoms with Crippen LogP contribution in [0.4, 0.5) is 0 Å². The normalized spacial score (nSPS) is 10.2. The molecule has 1 amide bonds. The predicted molar refractivity (Wildman–Crippen MR) is 72.3 cm³/mol. The zero-order chi connectivity index (χ0) is 13.7. The van der Waals surface area contributed by atoms with Crippen molar-refractivity contribution in [3.8, 4) is 0 Å². The SMILES string of the molecule is O=C(NCCc1cccnc1)c1cc(Cl)nnc1Cl. The predicted octanol–water partition coefficient (Wildman–Crippen LogP) is 2.15. The third kappa shape index (κ3) is 3.87. The van der Waals surface area contributed by atoms with Gasteiger partial charge in [0.25, 0.3) is 5.91 Å². The number of pyridine rings is 1. The molecule has 0 aromatic carbocycles. The van der Waals surface area contributed by atoms with E-state index in [0.717, 1.165) is 5.56 Å². The van der Waals surface area contributed by atoms with E-state index in [1.54, 1.807) is 12.4 Å². The molecule has 0 fully saturated rings. The van der Waals surface area contributed by atoms with Crippen molar-refractivity contribution in [2.24, 2.45) is 0 Å². The average Bonchev–Trinajstić information content (AvgIpc) is 2.42. The van der Waals surface area contributed by atoms with Crippen molar-refractivity contribution in [3.63, 3.8) is 0 Å². The van der Waals surface area contributed by atoms with E-state index >= 15 is 0 Å². The minimum Gasteiger partial charge on any atom is -0.352 e. The van der Waals surface area contributed by atoms with Gasteiger partial charge in [-0.25, -0.2) is 0 Å². The molecule has 0 aliphatic carbocycles. The molecule has 1 N–H and O–H groups in total. The molecule has 2 rings (SSSR count). The average molecular weight is 297 g/mol. The first-order valence-electron chi connectivity index (χ1n) is 5.52. The van der Waals surface area contributed by atoms with Crippen molar-refractivity contribution in [1.29, 1.82) is 0 Å². The van der Waals surface area contributed by atoms with Gasteiger partial charge < -0.3 is 5.32 Å². The van der Waals surface area contributed by atoms with Gasteiger partial charge in [0.1, 0.15) is 0 Å². The summed E-state index contributed by atoms with van der Waals surface area (Å²) in [6.45, 7) is 0.473. The van der Waals surface area contributed by atoms with E-state index < -0.39 is 0 Å². The number of rotatable bonds is 4. The molecule has 2 heterocycles. The number of hydrogen-bond acceptors (Lipinski definition) is 4. The van der Waals surface area contributed by atoms with E-state index in [4.69, 9.17) is 23.2 Å². The Bertz CT molecular complexity index is 577. The van der Waals surface area contributed by atoms with E-state index in [-0.39, 0.29) is 21.8 Å². The molecule has 0 aliphatic rings. The Labute approximate surface area is 120 Å². The molecule has 98 valence electrons. The lowest BCUT2D eigenvalue weighted by Crippen LogP contribution is -2.26. The first-order valence-corrected chi connectivity index (χ1v) is 6.28. The van der Waals surface area contributed by atoms with Gasteiger partial charge in [-0.15, -0.1) is 10.2 Å². The van der Waals surface area contributed by atoms with Gasteiger partial charge in [-0.3, -0.25) is 9.78 Å². The summed E-state index contributed by atoms with van der Waals surface area (Å²) in [4.78, 5) is 15.9. The van der Waals surface area contributed by atoms with Gasteiger partial charge in [-0.2, -0.15) is 0 Å². The molecule has 0 saturated carbocycles. The first kappa shape index (κ1) is 13.7. The molecule has 0 bridgehead atoms. The van der Waals surface area contributed by atoms with Crippen LogP contribution in [0.5, 0.6) is 0 Å². The summed E-state index contributed by atoms with van der Waals surface area (Å²) in [6, 6.07) is 5.17. The molecule has 0 radical (unpaired) electrons. The molecular formula is C12H10Cl2N4O. The Kier molecular flexibility index (Phi) is 4.65. The van der Waals surface area contributed by atoms with E-state index in [2.05, 4.69) is 20.5 Å². The quantitative estimate of drug-likeness (QED) is 0.939. The number of nitrogens with one attached hydrogen (secondary N) is 1. The van der Waals surface area contributed by atoms with E-state index in [0.29, 0.717) is 13.0 Å². The zero-order valence-corrected chi connectivity index (χ0v) is 11.3. The lowest BCUT2D eigenvalue weighted by molar-refractivity contribution is 0.0953. The molecule has 19 heavy (non-hydrogen) atoms. The second kappa shape index (κ2) is 6.45. The zero-order valence-electron chi connectivity index (χ0n) is 9.81. The van der Waals surface area contributed by atoms with Crippen LogP contribution in [0.25, 0.3) is 0 Å². The molecular weight excluding hydrogens is 287 g/mol. The summed E-state index contributed by atoms with van der Waals surface area (Å²) in [7, 11) is 0. The second-order valence-corrected chi connectivity index (χ2v) is 4.48. The van der Waals surface area contributed by atoms with Crippen molar-refractivity contribution in [2.75, 3.05) is 6.54 Å².